The summed E-state index contributed by atoms with van der Waals surface area (Å²) >= 11 is 3.36. The van der Waals surface area contributed by atoms with Crippen LogP contribution in [0.4, 0.5) is 5.69 Å². The molecule has 1 rings (SSSR count). The SMILES string of the molecule is CC[C@H](C)Oc1c(C)cc(NC(=O)C(C)(C)Br)cc1C. The lowest BCUT2D eigenvalue weighted by atomic mass is 10.1. The molecule has 0 aliphatic heterocycles. The number of hydrogen-bond acceptors (Lipinski definition) is 2. The fourth-order valence-corrected chi connectivity index (χ4v) is 1.87. The van der Waals surface area contributed by atoms with Gasteiger partial charge >= 0.3 is 0 Å². The van der Waals surface area contributed by atoms with Crippen molar-refractivity contribution in [3.63, 3.8) is 0 Å². The zero-order chi connectivity index (χ0) is 15.5. The number of nitrogens with one attached hydrogen (secondary N) is 1. The molecule has 0 bridgehead atoms. The van der Waals surface area contributed by atoms with Gasteiger partial charge in [0.05, 0.1) is 10.4 Å². The van der Waals surface area contributed by atoms with E-state index in [2.05, 4.69) is 35.1 Å². The van der Waals surface area contributed by atoms with Crippen LogP contribution >= 0.6 is 15.9 Å². The fraction of sp³-hybridized carbons (Fsp3) is 0.562. The summed E-state index contributed by atoms with van der Waals surface area (Å²) < 4.78 is 5.35. The molecule has 1 N–H and O–H groups in total. The topological polar surface area (TPSA) is 38.3 Å². The Morgan fingerprint density at radius 1 is 1.35 bits per heavy atom. The smallest absolute Gasteiger partial charge is 0.240 e. The van der Waals surface area contributed by atoms with Gasteiger partial charge in [0.25, 0.3) is 0 Å². The van der Waals surface area contributed by atoms with Crippen LogP contribution < -0.4 is 10.1 Å². The molecule has 20 heavy (non-hydrogen) atoms. The largest absolute Gasteiger partial charge is 0.490 e. The van der Waals surface area contributed by atoms with Crippen LogP contribution in [0.25, 0.3) is 0 Å². The number of carbonyl (C=O) groups is 1. The van der Waals surface area contributed by atoms with E-state index in [0.717, 1.165) is 29.0 Å². The molecule has 3 nitrogen and oxygen atoms in total. The van der Waals surface area contributed by atoms with Crippen molar-refractivity contribution in [2.75, 3.05) is 5.32 Å². The van der Waals surface area contributed by atoms with E-state index in [9.17, 15) is 4.79 Å². The average Bonchev–Trinajstić information content (AvgIpc) is 2.32. The van der Waals surface area contributed by atoms with Crippen molar-refractivity contribution in [3.05, 3.63) is 23.3 Å². The molecule has 0 spiro atoms. The zero-order valence-corrected chi connectivity index (χ0v) is 14.7. The molecule has 112 valence electrons. The highest BCUT2D eigenvalue weighted by molar-refractivity contribution is 9.10. The molecule has 0 saturated carbocycles. The van der Waals surface area contributed by atoms with Crippen LogP contribution in [0.2, 0.25) is 0 Å². The molecule has 0 aliphatic carbocycles. The first-order valence-corrected chi connectivity index (χ1v) is 7.72. The molecular formula is C16H24BrNO2. The number of ether oxygens (including phenoxy) is 1. The van der Waals surface area contributed by atoms with Gasteiger partial charge in [0.1, 0.15) is 5.75 Å². The Balaban J connectivity index is 2.96. The molecule has 1 atom stereocenters. The number of hydrogen-bond donors (Lipinski definition) is 1. The molecule has 0 fully saturated rings. The van der Waals surface area contributed by atoms with Gasteiger partial charge in [-0.3, -0.25) is 4.79 Å². The third kappa shape index (κ3) is 4.51. The monoisotopic (exact) mass is 341 g/mol. The van der Waals surface area contributed by atoms with Gasteiger partial charge in [0, 0.05) is 5.69 Å². The molecule has 0 saturated heterocycles. The summed E-state index contributed by atoms with van der Waals surface area (Å²) in [4.78, 5) is 12.0. The maximum absolute atomic E-state index is 12.0. The highest BCUT2D eigenvalue weighted by Gasteiger charge is 2.24. The number of amides is 1. The van der Waals surface area contributed by atoms with Crippen LogP contribution in [0, 0.1) is 13.8 Å². The molecule has 1 amide bonds. The highest BCUT2D eigenvalue weighted by Crippen LogP contribution is 2.29. The summed E-state index contributed by atoms with van der Waals surface area (Å²) in [5.74, 6) is 0.849. The third-order valence-corrected chi connectivity index (χ3v) is 3.51. The number of benzene rings is 1. The van der Waals surface area contributed by atoms with Crippen LogP contribution in [-0.2, 0) is 4.79 Å². The minimum Gasteiger partial charge on any atom is -0.490 e. The lowest BCUT2D eigenvalue weighted by molar-refractivity contribution is -0.117. The molecule has 4 heteroatoms. The van der Waals surface area contributed by atoms with Crippen molar-refractivity contribution < 1.29 is 9.53 Å². The van der Waals surface area contributed by atoms with Gasteiger partial charge < -0.3 is 10.1 Å². The average molecular weight is 342 g/mol. The minimum absolute atomic E-state index is 0.0631. The number of halogens is 1. The molecule has 1 aromatic rings. The van der Waals surface area contributed by atoms with Crippen molar-refractivity contribution in [2.24, 2.45) is 0 Å². The Morgan fingerprint density at radius 3 is 2.25 bits per heavy atom. The molecule has 1 aromatic carbocycles. The van der Waals surface area contributed by atoms with Gasteiger partial charge in [-0.25, -0.2) is 0 Å². The van der Waals surface area contributed by atoms with Crippen molar-refractivity contribution in [1.82, 2.24) is 0 Å². The van der Waals surface area contributed by atoms with Gasteiger partial charge in [-0.05, 0) is 64.3 Å². The molecule has 0 unspecified atom stereocenters. The van der Waals surface area contributed by atoms with Crippen LogP contribution in [0.1, 0.15) is 45.2 Å². The maximum atomic E-state index is 12.0. The standard InChI is InChI=1S/C16H24BrNO2/c1-7-12(4)20-14-10(2)8-13(9-11(14)3)18-15(19)16(5,6)17/h8-9,12H,7H2,1-6H3,(H,18,19)/t12-/m0/s1. The lowest BCUT2D eigenvalue weighted by Crippen LogP contribution is -2.31. The number of anilines is 1. The molecular weight excluding hydrogens is 318 g/mol. The first kappa shape index (κ1) is 17.0. The second-order valence-electron chi connectivity index (χ2n) is 5.70. The van der Waals surface area contributed by atoms with Crippen LogP contribution in [0.5, 0.6) is 5.75 Å². The summed E-state index contributed by atoms with van der Waals surface area (Å²) in [5.41, 5.74) is 2.87. The van der Waals surface area contributed by atoms with Crippen molar-refractivity contribution in [1.29, 1.82) is 0 Å². The predicted octanol–water partition coefficient (Wildman–Crippen LogP) is 4.59. The number of aryl methyl sites for hydroxylation is 2. The van der Waals surface area contributed by atoms with E-state index >= 15 is 0 Å². The van der Waals surface area contributed by atoms with E-state index in [0.29, 0.717) is 0 Å². The maximum Gasteiger partial charge on any atom is 0.240 e. The van der Waals surface area contributed by atoms with Crippen LogP contribution in [0.3, 0.4) is 0 Å². The van der Waals surface area contributed by atoms with Crippen molar-refractivity contribution >= 4 is 27.5 Å². The van der Waals surface area contributed by atoms with Gasteiger partial charge in [-0.2, -0.15) is 0 Å². The Morgan fingerprint density at radius 2 is 1.85 bits per heavy atom. The van der Waals surface area contributed by atoms with Gasteiger partial charge in [-0.1, -0.05) is 22.9 Å². The predicted molar refractivity (Wildman–Crippen MR) is 87.9 cm³/mol. The minimum atomic E-state index is -0.583. The van der Waals surface area contributed by atoms with Gasteiger partial charge in [0.15, 0.2) is 0 Å². The van der Waals surface area contributed by atoms with Crippen LogP contribution in [0.15, 0.2) is 12.1 Å². The fourth-order valence-electron chi connectivity index (χ4n) is 1.77. The highest BCUT2D eigenvalue weighted by atomic mass is 79.9. The Hall–Kier alpha value is -1.03. The number of carbonyl (C=O) groups excluding carboxylic acids is 1. The Kier molecular flexibility index (Phi) is 5.63. The Labute approximate surface area is 130 Å². The summed E-state index contributed by atoms with van der Waals surface area (Å²) in [7, 11) is 0. The van der Waals surface area contributed by atoms with E-state index in [4.69, 9.17) is 4.74 Å². The lowest BCUT2D eigenvalue weighted by Gasteiger charge is -2.20. The Bertz CT molecular complexity index is 469. The van der Waals surface area contributed by atoms with E-state index < -0.39 is 4.32 Å². The van der Waals surface area contributed by atoms with Gasteiger partial charge in [0.2, 0.25) is 5.91 Å². The summed E-state index contributed by atoms with van der Waals surface area (Å²) in [6.07, 6.45) is 1.16. The first-order chi connectivity index (χ1) is 9.15. The van der Waals surface area contributed by atoms with E-state index in [1.807, 2.05) is 39.8 Å². The quantitative estimate of drug-likeness (QED) is 0.795. The van der Waals surface area contributed by atoms with E-state index in [1.54, 1.807) is 0 Å². The second-order valence-corrected chi connectivity index (χ2v) is 7.68. The number of alkyl halides is 1. The van der Waals surface area contributed by atoms with Crippen molar-refractivity contribution in [3.8, 4) is 5.75 Å². The zero-order valence-electron chi connectivity index (χ0n) is 13.1. The summed E-state index contributed by atoms with van der Waals surface area (Å²) in [5, 5.41) is 2.92. The summed E-state index contributed by atoms with van der Waals surface area (Å²) in [6, 6.07) is 3.89. The van der Waals surface area contributed by atoms with E-state index in [-0.39, 0.29) is 12.0 Å². The normalized spacial score (nSPS) is 12.9. The second kappa shape index (κ2) is 6.61. The molecule has 0 heterocycles. The molecule has 0 radical (unpaired) electrons. The summed E-state index contributed by atoms with van der Waals surface area (Å²) in [6.45, 7) is 11.8. The van der Waals surface area contributed by atoms with Crippen LogP contribution in [-0.4, -0.2) is 16.3 Å². The molecule has 0 aromatic heterocycles. The third-order valence-electron chi connectivity index (χ3n) is 3.15. The first-order valence-electron chi connectivity index (χ1n) is 6.93. The molecule has 0 aliphatic rings. The van der Waals surface area contributed by atoms with Crippen molar-refractivity contribution in [2.45, 2.75) is 58.4 Å². The number of rotatable bonds is 5. The van der Waals surface area contributed by atoms with E-state index in [1.165, 1.54) is 0 Å². The van der Waals surface area contributed by atoms with Gasteiger partial charge in [-0.15, -0.1) is 0 Å².